The van der Waals surface area contributed by atoms with Gasteiger partial charge in [0.25, 0.3) is 0 Å². The van der Waals surface area contributed by atoms with E-state index in [0.717, 1.165) is 23.8 Å². The Hall–Kier alpha value is -2.53. The fraction of sp³-hybridized carbons (Fsp3) is 0.133. The number of rotatable bonds is 4. The molecule has 5 heteroatoms. The maximum Gasteiger partial charge on any atom is 0.189 e. The lowest BCUT2D eigenvalue weighted by atomic mass is 9.93. The van der Waals surface area contributed by atoms with Gasteiger partial charge in [-0.05, 0) is 36.3 Å². The second-order valence-electron chi connectivity index (χ2n) is 4.50. The van der Waals surface area contributed by atoms with Crippen LogP contribution in [0, 0.1) is 0 Å². The molecule has 0 radical (unpaired) electrons. The Morgan fingerprint density at radius 3 is 2.45 bits per heavy atom. The molecular weight excluding hydrogens is 258 g/mol. The third-order valence-corrected chi connectivity index (χ3v) is 2.95. The van der Waals surface area contributed by atoms with Gasteiger partial charge in [0.2, 0.25) is 0 Å². The number of allylic oxidation sites excluding steroid dienone is 3. The monoisotopic (exact) mass is 271 g/mol. The molecule has 1 aliphatic rings. The van der Waals surface area contributed by atoms with Crippen molar-refractivity contribution in [3.63, 3.8) is 0 Å². The second-order valence-corrected chi connectivity index (χ2v) is 4.50. The Morgan fingerprint density at radius 2 is 1.80 bits per heavy atom. The Morgan fingerprint density at radius 1 is 1.15 bits per heavy atom. The number of phenolic OH excluding ortho intramolecular Hbond substituents is 1. The Bertz CT molecular complexity index is 626. The maximum atomic E-state index is 12.1. The molecule has 0 spiro atoms. The number of hydrogen-bond donors (Lipinski definition) is 2. The zero-order valence-corrected chi connectivity index (χ0v) is 10.6. The van der Waals surface area contributed by atoms with Gasteiger partial charge in [0.05, 0.1) is 11.6 Å². The fourth-order valence-corrected chi connectivity index (χ4v) is 1.88. The van der Waals surface area contributed by atoms with Gasteiger partial charge < -0.3 is 10.8 Å². The molecule has 0 saturated carbocycles. The number of nitrogens with two attached hydrogens (primary N) is 1. The molecule has 1 aromatic rings. The van der Waals surface area contributed by atoms with Crippen LogP contribution in [0.2, 0.25) is 0 Å². The summed E-state index contributed by atoms with van der Waals surface area (Å²) >= 11 is 0. The van der Waals surface area contributed by atoms with E-state index in [1.54, 1.807) is 12.1 Å². The molecule has 1 atom stereocenters. The van der Waals surface area contributed by atoms with E-state index >= 15 is 0 Å². The highest BCUT2D eigenvalue weighted by molar-refractivity contribution is 6.31. The normalized spacial score (nSPS) is 15.9. The Labute approximate surface area is 115 Å². The zero-order valence-electron chi connectivity index (χ0n) is 10.6. The van der Waals surface area contributed by atoms with Crippen LogP contribution in [-0.2, 0) is 20.8 Å². The van der Waals surface area contributed by atoms with Gasteiger partial charge in [-0.25, -0.2) is 0 Å². The first-order valence-corrected chi connectivity index (χ1v) is 6.03. The van der Waals surface area contributed by atoms with Crippen LogP contribution in [-0.4, -0.2) is 28.5 Å². The minimum Gasteiger partial charge on any atom is -0.508 e. The molecule has 0 amide bonds. The zero-order chi connectivity index (χ0) is 14.7. The van der Waals surface area contributed by atoms with Crippen molar-refractivity contribution in [3.8, 4) is 5.75 Å². The molecule has 0 fully saturated rings. The van der Waals surface area contributed by atoms with Crippen molar-refractivity contribution >= 4 is 17.3 Å². The summed E-state index contributed by atoms with van der Waals surface area (Å²) in [6.45, 7) is 0. The van der Waals surface area contributed by atoms with Crippen LogP contribution in [0.3, 0.4) is 0 Å². The molecule has 1 aromatic carbocycles. The van der Waals surface area contributed by atoms with Gasteiger partial charge in [-0.2, -0.15) is 0 Å². The molecule has 0 bridgehead atoms. The Kier molecular flexibility index (Phi) is 3.91. The van der Waals surface area contributed by atoms with Crippen LogP contribution in [0.4, 0.5) is 0 Å². The summed E-state index contributed by atoms with van der Waals surface area (Å²) in [4.78, 5) is 34.8. The van der Waals surface area contributed by atoms with Gasteiger partial charge in [-0.3, -0.25) is 14.4 Å². The van der Waals surface area contributed by atoms with Crippen molar-refractivity contribution in [2.24, 2.45) is 5.73 Å². The van der Waals surface area contributed by atoms with E-state index in [4.69, 9.17) is 5.73 Å². The predicted octanol–water partition coefficient (Wildman–Crippen LogP) is 0.465. The molecular formula is C15H13NO4. The van der Waals surface area contributed by atoms with Crippen LogP contribution in [0.25, 0.3) is 0 Å². The standard InChI is InChI=1S/C15H13NO4/c16-13(7-9-1-3-10(17)4-2-9)15(20)12-8-11(18)5-6-14(12)19/h1-6,8,13,17H,7,16H2. The van der Waals surface area contributed by atoms with E-state index in [-0.39, 0.29) is 17.7 Å². The molecule has 0 heterocycles. The number of Topliss-reactive ketones (excluding diaryl/α,β-unsaturated/α-hetero) is 1. The molecule has 0 aromatic heterocycles. The van der Waals surface area contributed by atoms with Crippen molar-refractivity contribution in [1.29, 1.82) is 0 Å². The van der Waals surface area contributed by atoms with Gasteiger partial charge in [-0.15, -0.1) is 0 Å². The number of carbonyl (C=O) groups is 3. The first kappa shape index (κ1) is 13.9. The Balaban J connectivity index is 2.11. The van der Waals surface area contributed by atoms with Crippen molar-refractivity contribution in [2.45, 2.75) is 12.5 Å². The minimum absolute atomic E-state index is 0.120. The largest absolute Gasteiger partial charge is 0.508 e. The van der Waals surface area contributed by atoms with Crippen molar-refractivity contribution in [3.05, 3.63) is 53.6 Å². The van der Waals surface area contributed by atoms with Gasteiger partial charge in [0.1, 0.15) is 5.75 Å². The fourth-order valence-electron chi connectivity index (χ4n) is 1.88. The van der Waals surface area contributed by atoms with E-state index in [0.29, 0.717) is 0 Å². The SMILES string of the molecule is NC(Cc1ccc(O)cc1)C(=O)C1=CC(=O)C=CC1=O. The first-order valence-electron chi connectivity index (χ1n) is 6.03. The van der Waals surface area contributed by atoms with E-state index in [9.17, 15) is 19.5 Å². The van der Waals surface area contributed by atoms with Gasteiger partial charge in [0, 0.05) is 6.08 Å². The van der Waals surface area contributed by atoms with Crippen LogP contribution >= 0.6 is 0 Å². The van der Waals surface area contributed by atoms with E-state index in [1.165, 1.54) is 12.1 Å². The number of benzene rings is 1. The summed E-state index contributed by atoms with van der Waals surface area (Å²) in [6, 6.07) is 5.36. The van der Waals surface area contributed by atoms with Gasteiger partial charge >= 0.3 is 0 Å². The lowest BCUT2D eigenvalue weighted by molar-refractivity contribution is -0.121. The highest BCUT2D eigenvalue weighted by atomic mass is 16.3. The molecule has 0 aliphatic heterocycles. The van der Waals surface area contributed by atoms with E-state index in [2.05, 4.69) is 0 Å². The first-order chi connectivity index (χ1) is 9.47. The van der Waals surface area contributed by atoms with Crippen molar-refractivity contribution in [1.82, 2.24) is 0 Å². The number of carbonyl (C=O) groups excluding carboxylic acids is 3. The molecule has 0 saturated heterocycles. The number of aromatic hydroxyl groups is 1. The molecule has 1 unspecified atom stereocenters. The average molecular weight is 271 g/mol. The predicted molar refractivity (Wildman–Crippen MR) is 72.0 cm³/mol. The lowest BCUT2D eigenvalue weighted by Crippen LogP contribution is -2.36. The summed E-state index contributed by atoms with van der Waals surface area (Å²) in [5, 5.41) is 9.17. The highest BCUT2D eigenvalue weighted by Crippen LogP contribution is 2.14. The molecule has 102 valence electrons. The van der Waals surface area contributed by atoms with Crippen LogP contribution in [0.1, 0.15) is 5.56 Å². The third kappa shape index (κ3) is 3.07. The number of phenols is 1. The molecule has 1 aliphatic carbocycles. The highest BCUT2D eigenvalue weighted by Gasteiger charge is 2.25. The smallest absolute Gasteiger partial charge is 0.189 e. The molecule has 2 rings (SSSR count). The second kappa shape index (κ2) is 5.63. The molecule has 3 N–H and O–H groups in total. The molecule has 20 heavy (non-hydrogen) atoms. The summed E-state index contributed by atoms with van der Waals surface area (Å²) in [6.07, 6.45) is 3.43. The van der Waals surface area contributed by atoms with Gasteiger partial charge in [-0.1, -0.05) is 12.1 Å². The quantitative estimate of drug-likeness (QED) is 0.612. The summed E-state index contributed by atoms with van der Waals surface area (Å²) < 4.78 is 0. The minimum atomic E-state index is -0.908. The van der Waals surface area contributed by atoms with Crippen LogP contribution < -0.4 is 5.73 Å². The lowest BCUT2D eigenvalue weighted by Gasteiger charge is -2.13. The van der Waals surface area contributed by atoms with Crippen molar-refractivity contribution < 1.29 is 19.5 Å². The third-order valence-electron chi connectivity index (χ3n) is 2.95. The van der Waals surface area contributed by atoms with Crippen molar-refractivity contribution in [2.75, 3.05) is 0 Å². The number of ketones is 3. The van der Waals surface area contributed by atoms with E-state index in [1.807, 2.05) is 0 Å². The topological polar surface area (TPSA) is 97.5 Å². The maximum absolute atomic E-state index is 12.1. The average Bonchev–Trinajstić information content (AvgIpc) is 2.43. The van der Waals surface area contributed by atoms with Crippen LogP contribution in [0.5, 0.6) is 5.75 Å². The number of hydrogen-bond acceptors (Lipinski definition) is 5. The summed E-state index contributed by atoms with van der Waals surface area (Å²) in [5.41, 5.74) is 6.37. The van der Waals surface area contributed by atoms with E-state index < -0.39 is 23.4 Å². The summed E-state index contributed by atoms with van der Waals surface area (Å²) in [7, 11) is 0. The van der Waals surface area contributed by atoms with Crippen LogP contribution in [0.15, 0.2) is 48.1 Å². The summed E-state index contributed by atoms with van der Waals surface area (Å²) in [5.74, 6) is -1.34. The molecule has 5 nitrogen and oxygen atoms in total. The van der Waals surface area contributed by atoms with Gasteiger partial charge in [0.15, 0.2) is 17.3 Å².